The number of hydrogen-bond acceptors (Lipinski definition) is 0. The van der Waals surface area contributed by atoms with E-state index >= 15 is 0 Å². The van der Waals surface area contributed by atoms with Crippen molar-refractivity contribution >= 4 is 0 Å². The van der Waals surface area contributed by atoms with Gasteiger partial charge in [0.1, 0.15) is 0 Å². The summed E-state index contributed by atoms with van der Waals surface area (Å²) in [5.74, 6) is 2.05. The van der Waals surface area contributed by atoms with Gasteiger partial charge >= 0.3 is 19.5 Å². The Bertz CT molecular complexity index is 192. The summed E-state index contributed by atoms with van der Waals surface area (Å²) >= 11 is 0. The van der Waals surface area contributed by atoms with E-state index in [1.165, 1.54) is 24.8 Å². The van der Waals surface area contributed by atoms with Crippen molar-refractivity contribution in [3.8, 4) is 0 Å². The van der Waals surface area contributed by atoms with E-state index in [9.17, 15) is 0 Å². The maximum atomic E-state index is 3.72. The maximum Gasteiger partial charge on any atom is 2.00 e. The standard InChI is InChI=1S/C7H14.C7H12.2CH3.Ru/c1-6-3-4-7(2)5-6;1-6(2)5-7(3)4;;;/h6-7H,3-5H2,1-2H3;5H,1H2,2-4H3;2*1H3;/q;;2*-1;+2. The van der Waals surface area contributed by atoms with Crippen molar-refractivity contribution in [2.24, 2.45) is 11.8 Å². The fourth-order valence-electron chi connectivity index (χ4n) is 1.98. The smallest absolute Gasteiger partial charge is 0.358 e. The molecule has 0 nitrogen and oxygen atoms in total. The predicted molar refractivity (Wildman–Crippen MR) is 79.3 cm³/mol. The molecule has 1 aliphatic rings. The van der Waals surface area contributed by atoms with Crippen LogP contribution in [0.4, 0.5) is 0 Å². The zero-order valence-electron chi connectivity index (χ0n) is 12.9. The Labute approximate surface area is 124 Å². The third-order valence-corrected chi connectivity index (χ3v) is 2.49. The first-order valence-electron chi connectivity index (χ1n) is 5.72. The van der Waals surface area contributed by atoms with E-state index in [2.05, 4.69) is 40.3 Å². The number of rotatable bonds is 1. The fraction of sp³-hybridized carbons (Fsp3) is 0.625. The molecule has 1 heteroatoms. The Morgan fingerprint density at radius 3 is 1.41 bits per heavy atom. The van der Waals surface area contributed by atoms with E-state index in [1.54, 1.807) is 0 Å². The zero-order chi connectivity index (χ0) is 11.1. The van der Waals surface area contributed by atoms with Crippen LogP contribution in [0, 0.1) is 26.7 Å². The van der Waals surface area contributed by atoms with Gasteiger partial charge in [0.2, 0.25) is 0 Å². The first-order chi connectivity index (χ1) is 6.41. The summed E-state index contributed by atoms with van der Waals surface area (Å²) in [6, 6.07) is 0. The van der Waals surface area contributed by atoms with Crippen molar-refractivity contribution in [2.45, 2.75) is 53.9 Å². The van der Waals surface area contributed by atoms with Crippen LogP contribution in [-0.2, 0) is 19.5 Å². The summed E-state index contributed by atoms with van der Waals surface area (Å²) in [6.07, 6.45) is 6.47. The summed E-state index contributed by atoms with van der Waals surface area (Å²) in [7, 11) is 0. The molecule has 17 heavy (non-hydrogen) atoms. The number of hydrogen-bond donors (Lipinski definition) is 0. The third kappa shape index (κ3) is 18.7. The molecule has 0 aromatic rings. The van der Waals surface area contributed by atoms with Gasteiger partial charge in [0.05, 0.1) is 0 Å². The Morgan fingerprint density at radius 1 is 1.00 bits per heavy atom. The third-order valence-electron chi connectivity index (χ3n) is 2.49. The van der Waals surface area contributed by atoms with Crippen LogP contribution in [-0.4, -0.2) is 0 Å². The molecule has 0 aliphatic heterocycles. The molecule has 0 saturated heterocycles. The molecule has 104 valence electrons. The van der Waals surface area contributed by atoms with Gasteiger partial charge in [0.25, 0.3) is 0 Å². The Balaban J connectivity index is -0.0000000845. The summed E-state index contributed by atoms with van der Waals surface area (Å²) in [5, 5.41) is 0. The van der Waals surface area contributed by atoms with Crippen molar-refractivity contribution in [3.63, 3.8) is 0 Å². The Morgan fingerprint density at radius 2 is 1.35 bits per heavy atom. The first kappa shape index (κ1) is 25.8. The molecule has 0 bridgehead atoms. The largest absolute Gasteiger partial charge is 2.00 e. The molecule has 0 heterocycles. The van der Waals surface area contributed by atoms with Crippen LogP contribution in [0.1, 0.15) is 53.9 Å². The second-order valence-corrected chi connectivity index (χ2v) is 5.09. The molecule has 1 saturated carbocycles. The summed E-state index contributed by atoms with van der Waals surface area (Å²) in [5.41, 5.74) is 2.44. The maximum absolute atomic E-state index is 3.72. The zero-order valence-corrected chi connectivity index (χ0v) is 14.7. The Hall–Kier alpha value is 0.103. The minimum atomic E-state index is 0. The van der Waals surface area contributed by atoms with E-state index in [-0.39, 0.29) is 34.3 Å². The van der Waals surface area contributed by atoms with Gasteiger partial charge in [-0.2, -0.15) is 0 Å². The van der Waals surface area contributed by atoms with E-state index < -0.39 is 0 Å². The van der Waals surface area contributed by atoms with E-state index in [1.807, 2.05) is 6.92 Å². The molecule has 0 aromatic heterocycles. The normalized spacial score (nSPS) is 20.5. The van der Waals surface area contributed by atoms with Crippen LogP contribution in [0.25, 0.3) is 0 Å². The van der Waals surface area contributed by atoms with E-state index in [0.29, 0.717) is 0 Å². The fourth-order valence-corrected chi connectivity index (χ4v) is 1.98. The topological polar surface area (TPSA) is 0 Å². The van der Waals surface area contributed by atoms with Gasteiger partial charge < -0.3 is 14.9 Å². The molecular weight excluding hydrogens is 293 g/mol. The van der Waals surface area contributed by atoms with Gasteiger partial charge in [-0.25, -0.2) is 0 Å². The van der Waals surface area contributed by atoms with Crippen molar-refractivity contribution in [1.29, 1.82) is 0 Å². The Kier molecular flexibility index (Phi) is 21.5. The molecule has 0 aromatic carbocycles. The molecular formula is C16H32Ru. The molecule has 1 aliphatic carbocycles. The van der Waals surface area contributed by atoms with Gasteiger partial charge in [-0.05, 0) is 39.0 Å². The average Bonchev–Trinajstić information content (AvgIpc) is 2.32. The van der Waals surface area contributed by atoms with Crippen LogP contribution in [0.5, 0.6) is 0 Å². The predicted octanol–water partition coefficient (Wildman–Crippen LogP) is 5.87. The van der Waals surface area contributed by atoms with Crippen LogP contribution in [0.15, 0.2) is 23.8 Å². The summed E-state index contributed by atoms with van der Waals surface area (Å²) < 4.78 is 0. The molecule has 0 amide bonds. The molecule has 0 N–H and O–H groups in total. The van der Waals surface area contributed by atoms with Gasteiger partial charge in [-0.15, -0.1) is 0 Å². The van der Waals surface area contributed by atoms with Crippen molar-refractivity contribution < 1.29 is 19.5 Å². The van der Waals surface area contributed by atoms with Crippen molar-refractivity contribution in [2.75, 3.05) is 0 Å². The quantitative estimate of drug-likeness (QED) is 0.321. The molecule has 0 spiro atoms. The molecule has 2 atom stereocenters. The number of allylic oxidation sites excluding steroid dienone is 3. The second-order valence-electron chi connectivity index (χ2n) is 5.09. The minimum Gasteiger partial charge on any atom is -0.358 e. The van der Waals surface area contributed by atoms with Crippen LogP contribution < -0.4 is 0 Å². The molecule has 1 fully saturated rings. The molecule has 0 radical (unpaired) electrons. The minimum absolute atomic E-state index is 0. The van der Waals surface area contributed by atoms with Crippen LogP contribution >= 0.6 is 0 Å². The van der Waals surface area contributed by atoms with Gasteiger partial charge in [-0.3, -0.25) is 0 Å². The van der Waals surface area contributed by atoms with Gasteiger partial charge in [0.15, 0.2) is 0 Å². The second kappa shape index (κ2) is 14.2. The monoisotopic (exact) mass is 326 g/mol. The van der Waals surface area contributed by atoms with Crippen LogP contribution in [0.3, 0.4) is 0 Å². The SMILES string of the molecule is C=C(C)C=C(C)C.CC1CCC(C)C1.[CH3-].[CH3-].[Ru+2]. The van der Waals surface area contributed by atoms with Gasteiger partial charge in [-0.1, -0.05) is 50.5 Å². The first-order valence-corrected chi connectivity index (χ1v) is 5.72. The molecule has 2 unspecified atom stereocenters. The van der Waals surface area contributed by atoms with Crippen molar-refractivity contribution in [1.82, 2.24) is 0 Å². The summed E-state index contributed by atoms with van der Waals surface area (Å²) in [4.78, 5) is 0. The van der Waals surface area contributed by atoms with E-state index in [0.717, 1.165) is 17.4 Å². The van der Waals surface area contributed by atoms with Gasteiger partial charge in [0, 0.05) is 0 Å². The average molecular weight is 326 g/mol. The molecule has 1 rings (SSSR count). The van der Waals surface area contributed by atoms with Crippen molar-refractivity contribution in [3.05, 3.63) is 38.7 Å². The summed E-state index contributed by atoms with van der Waals surface area (Å²) in [6.45, 7) is 14.5. The van der Waals surface area contributed by atoms with E-state index in [4.69, 9.17) is 0 Å². The van der Waals surface area contributed by atoms with Crippen LogP contribution in [0.2, 0.25) is 0 Å².